The summed E-state index contributed by atoms with van der Waals surface area (Å²) in [5.74, 6) is 1.90. The average Bonchev–Trinajstić information content (AvgIpc) is 2.90. The topological polar surface area (TPSA) is 38.6 Å². The summed E-state index contributed by atoms with van der Waals surface area (Å²) < 4.78 is 7.56. The first kappa shape index (κ1) is 20.2. The van der Waals surface area contributed by atoms with Crippen LogP contribution in [0.5, 0.6) is 5.75 Å². The molecular formula is C24H33N3O. The Morgan fingerprint density at radius 2 is 1.64 bits per heavy atom. The highest BCUT2D eigenvalue weighted by Crippen LogP contribution is 2.36. The normalized spacial score (nSPS) is 12.4. The number of hydrogen-bond donors (Lipinski definition) is 1. The first-order valence-electron chi connectivity index (χ1n) is 9.91. The first-order valence-corrected chi connectivity index (χ1v) is 9.91. The number of methoxy groups -OCH3 is 1. The Hall–Kier alpha value is -2.49. The van der Waals surface area contributed by atoms with Crippen molar-refractivity contribution in [3.8, 4) is 17.0 Å². The molecule has 28 heavy (non-hydrogen) atoms. The second-order valence-corrected chi connectivity index (χ2v) is 9.65. The van der Waals surface area contributed by atoms with Crippen molar-refractivity contribution in [3.05, 3.63) is 47.7 Å². The van der Waals surface area contributed by atoms with E-state index in [0.717, 1.165) is 34.9 Å². The van der Waals surface area contributed by atoms with Crippen molar-refractivity contribution in [3.63, 3.8) is 0 Å². The highest BCUT2D eigenvalue weighted by Gasteiger charge is 2.28. The number of nitrogens with one attached hydrogen (secondary N) is 1. The number of ether oxygens (including phenoxy) is 1. The molecule has 3 aromatic rings. The summed E-state index contributed by atoms with van der Waals surface area (Å²) in [6, 6.07) is 12.5. The molecule has 4 nitrogen and oxygen atoms in total. The Bertz CT molecular complexity index is 976. The number of benzene rings is 1. The Labute approximate surface area is 169 Å². The largest absolute Gasteiger partial charge is 0.497 e. The maximum Gasteiger partial charge on any atom is 0.139 e. The average molecular weight is 380 g/mol. The molecule has 3 rings (SSSR count). The molecule has 0 unspecified atom stereocenters. The van der Waals surface area contributed by atoms with Crippen LogP contribution in [-0.2, 0) is 0 Å². The van der Waals surface area contributed by atoms with Gasteiger partial charge in [0.1, 0.15) is 22.9 Å². The van der Waals surface area contributed by atoms with Gasteiger partial charge >= 0.3 is 0 Å². The molecule has 2 aromatic heterocycles. The van der Waals surface area contributed by atoms with Crippen LogP contribution in [-0.4, -0.2) is 22.0 Å². The van der Waals surface area contributed by atoms with Gasteiger partial charge in [-0.1, -0.05) is 20.8 Å². The van der Waals surface area contributed by atoms with E-state index in [9.17, 15) is 0 Å². The first-order chi connectivity index (χ1) is 13.0. The number of aromatic nitrogens is 2. The summed E-state index contributed by atoms with van der Waals surface area (Å²) in [4.78, 5) is 5.00. The Kier molecular flexibility index (Phi) is 5.18. The number of imidazole rings is 1. The highest BCUT2D eigenvalue weighted by molar-refractivity contribution is 5.78. The van der Waals surface area contributed by atoms with Gasteiger partial charge < -0.3 is 10.1 Å². The molecule has 0 atom stereocenters. The minimum atomic E-state index is -0.0766. The second kappa shape index (κ2) is 7.16. The van der Waals surface area contributed by atoms with Crippen LogP contribution in [0.25, 0.3) is 16.9 Å². The van der Waals surface area contributed by atoms with E-state index >= 15 is 0 Å². The Morgan fingerprint density at radius 1 is 1.00 bits per heavy atom. The van der Waals surface area contributed by atoms with Gasteiger partial charge in [0.2, 0.25) is 0 Å². The molecule has 150 valence electrons. The van der Waals surface area contributed by atoms with E-state index in [1.807, 2.05) is 12.1 Å². The van der Waals surface area contributed by atoms with Gasteiger partial charge in [0, 0.05) is 16.8 Å². The third-order valence-electron chi connectivity index (χ3n) is 4.84. The molecule has 1 N–H and O–H groups in total. The zero-order valence-corrected chi connectivity index (χ0v) is 18.5. The fourth-order valence-corrected chi connectivity index (χ4v) is 4.29. The van der Waals surface area contributed by atoms with Crippen LogP contribution in [0.1, 0.15) is 52.3 Å². The van der Waals surface area contributed by atoms with E-state index in [4.69, 9.17) is 9.72 Å². The van der Waals surface area contributed by atoms with Crippen molar-refractivity contribution >= 4 is 11.5 Å². The van der Waals surface area contributed by atoms with Crippen LogP contribution in [0.4, 0.5) is 5.82 Å². The van der Waals surface area contributed by atoms with Crippen LogP contribution < -0.4 is 10.1 Å². The molecule has 0 saturated carbocycles. The van der Waals surface area contributed by atoms with Crippen molar-refractivity contribution in [2.24, 2.45) is 5.41 Å². The van der Waals surface area contributed by atoms with Gasteiger partial charge in [-0.15, -0.1) is 0 Å². The van der Waals surface area contributed by atoms with E-state index in [0.29, 0.717) is 0 Å². The molecule has 0 spiro atoms. The van der Waals surface area contributed by atoms with Crippen LogP contribution in [0.2, 0.25) is 0 Å². The fourth-order valence-electron chi connectivity index (χ4n) is 4.29. The molecular weight excluding hydrogens is 346 g/mol. The molecule has 0 aliphatic rings. The quantitative estimate of drug-likeness (QED) is 0.569. The van der Waals surface area contributed by atoms with Crippen molar-refractivity contribution < 1.29 is 4.74 Å². The lowest BCUT2D eigenvalue weighted by Crippen LogP contribution is -2.36. The van der Waals surface area contributed by atoms with Crippen molar-refractivity contribution in [1.82, 2.24) is 9.38 Å². The van der Waals surface area contributed by atoms with Crippen LogP contribution >= 0.6 is 0 Å². The summed E-state index contributed by atoms with van der Waals surface area (Å²) in [6.45, 7) is 15.6. The highest BCUT2D eigenvalue weighted by atomic mass is 16.5. The number of nitrogens with zero attached hydrogens (tertiary/aromatic N) is 2. The molecule has 0 fully saturated rings. The maximum atomic E-state index is 5.32. The van der Waals surface area contributed by atoms with Crippen LogP contribution in [0, 0.1) is 19.3 Å². The van der Waals surface area contributed by atoms with Gasteiger partial charge in [0.05, 0.1) is 7.11 Å². The standard InChI is InChI=1S/C24H33N3O/c1-16-13-17(2)27-20(14-16)25-21(18-9-11-19(28-8)12-10-18)22(27)26-24(6,7)15-23(3,4)5/h9-14,26H,15H2,1-8H3. The van der Waals surface area contributed by atoms with Gasteiger partial charge in [-0.2, -0.15) is 0 Å². The lowest BCUT2D eigenvalue weighted by Gasteiger charge is -2.34. The maximum absolute atomic E-state index is 5.32. The molecule has 0 radical (unpaired) electrons. The number of hydrogen-bond acceptors (Lipinski definition) is 3. The predicted octanol–water partition coefficient (Wildman–Crippen LogP) is 6.25. The lowest BCUT2D eigenvalue weighted by atomic mass is 9.82. The van der Waals surface area contributed by atoms with E-state index in [2.05, 4.69) is 82.4 Å². The molecule has 0 aliphatic heterocycles. The Morgan fingerprint density at radius 3 is 2.21 bits per heavy atom. The van der Waals surface area contributed by atoms with Gasteiger partial charge in [-0.05, 0) is 81.5 Å². The van der Waals surface area contributed by atoms with E-state index < -0.39 is 0 Å². The number of rotatable bonds is 5. The third-order valence-corrected chi connectivity index (χ3v) is 4.84. The smallest absolute Gasteiger partial charge is 0.139 e. The van der Waals surface area contributed by atoms with Crippen LogP contribution in [0.3, 0.4) is 0 Å². The van der Waals surface area contributed by atoms with Gasteiger partial charge in [0.15, 0.2) is 0 Å². The van der Waals surface area contributed by atoms with Gasteiger partial charge in [-0.3, -0.25) is 4.40 Å². The minimum absolute atomic E-state index is 0.0766. The molecule has 4 heteroatoms. The summed E-state index contributed by atoms with van der Waals surface area (Å²) in [5, 5.41) is 3.82. The zero-order valence-electron chi connectivity index (χ0n) is 18.5. The molecule has 1 aromatic carbocycles. The summed E-state index contributed by atoms with van der Waals surface area (Å²) >= 11 is 0. The molecule has 0 aliphatic carbocycles. The summed E-state index contributed by atoms with van der Waals surface area (Å²) in [6.07, 6.45) is 1.04. The number of pyridine rings is 1. The predicted molar refractivity (Wildman–Crippen MR) is 118 cm³/mol. The van der Waals surface area contributed by atoms with E-state index in [1.54, 1.807) is 7.11 Å². The molecule has 0 saturated heterocycles. The minimum Gasteiger partial charge on any atom is -0.497 e. The van der Waals surface area contributed by atoms with Crippen molar-refractivity contribution in [2.75, 3.05) is 12.4 Å². The number of fused-ring (bicyclic) bond motifs is 1. The summed E-state index contributed by atoms with van der Waals surface area (Å²) in [5.41, 5.74) is 5.56. The zero-order chi connectivity index (χ0) is 20.7. The van der Waals surface area contributed by atoms with E-state index in [1.165, 1.54) is 11.3 Å². The number of aryl methyl sites for hydroxylation is 2. The number of anilines is 1. The third kappa shape index (κ3) is 4.32. The SMILES string of the molecule is COc1ccc(-c2nc3cc(C)cc(C)n3c2NC(C)(C)CC(C)(C)C)cc1. The van der Waals surface area contributed by atoms with Gasteiger partial charge in [-0.25, -0.2) is 4.98 Å². The molecule has 0 bridgehead atoms. The van der Waals surface area contributed by atoms with Gasteiger partial charge in [0.25, 0.3) is 0 Å². The Balaban J connectivity index is 2.17. The lowest BCUT2D eigenvalue weighted by molar-refractivity contribution is 0.302. The molecule has 0 amide bonds. The monoisotopic (exact) mass is 379 g/mol. The molecule has 2 heterocycles. The van der Waals surface area contributed by atoms with E-state index in [-0.39, 0.29) is 11.0 Å². The van der Waals surface area contributed by atoms with Crippen LogP contribution in [0.15, 0.2) is 36.4 Å². The fraction of sp³-hybridized carbons (Fsp3) is 0.458. The van der Waals surface area contributed by atoms with Crippen molar-refractivity contribution in [2.45, 2.75) is 60.4 Å². The summed E-state index contributed by atoms with van der Waals surface area (Å²) in [7, 11) is 1.69. The second-order valence-electron chi connectivity index (χ2n) is 9.65. The van der Waals surface area contributed by atoms with Crippen molar-refractivity contribution in [1.29, 1.82) is 0 Å².